The summed E-state index contributed by atoms with van der Waals surface area (Å²) in [5, 5.41) is 3.61. The number of ether oxygens (including phenoxy) is 2. The summed E-state index contributed by atoms with van der Waals surface area (Å²) in [6, 6.07) is 15.7. The fourth-order valence-electron chi connectivity index (χ4n) is 5.54. The highest BCUT2D eigenvalue weighted by atomic mass is 16.5. The van der Waals surface area contributed by atoms with Crippen molar-refractivity contribution < 1.29 is 9.47 Å². The minimum Gasteiger partial charge on any atom is -0.493 e. The zero-order chi connectivity index (χ0) is 24.2. The van der Waals surface area contributed by atoms with Gasteiger partial charge in [0.1, 0.15) is 0 Å². The molecule has 2 aromatic rings. The Hall–Kier alpha value is -2.04. The quantitative estimate of drug-likeness (QED) is 0.316. The lowest BCUT2D eigenvalue weighted by molar-refractivity contribution is 0.167. The molecule has 0 heterocycles. The lowest BCUT2D eigenvalue weighted by Gasteiger charge is -2.38. The molecule has 0 saturated heterocycles. The summed E-state index contributed by atoms with van der Waals surface area (Å²) in [5.74, 6) is 2.28. The number of fused-ring (bicyclic) bond motifs is 1. The van der Waals surface area contributed by atoms with Crippen LogP contribution in [-0.4, -0.2) is 51.3 Å². The van der Waals surface area contributed by atoms with E-state index in [0.29, 0.717) is 12.0 Å². The van der Waals surface area contributed by atoms with Crippen molar-refractivity contribution >= 4 is 0 Å². The molecule has 2 aromatic carbocycles. The van der Waals surface area contributed by atoms with Crippen molar-refractivity contribution in [2.24, 2.45) is 0 Å². The van der Waals surface area contributed by atoms with Crippen LogP contribution in [0.3, 0.4) is 0 Å². The molecule has 4 nitrogen and oxygen atoms in total. The molecular weight excluding hydrogens is 420 g/mol. The minimum absolute atomic E-state index is 0.486. The van der Waals surface area contributed by atoms with E-state index in [0.717, 1.165) is 37.4 Å². The second-order valence-electron chi connectivity index (χ2n) is 9.80. The zero-order valence-corrected chi connectivity index (χ0v) is 21.9. The third-order valence-electron chi connectivity index (χ3n) is 7.26. The number of rotatable bonds is 15. The van der Waals surface area contributed by atoms with Crippen molar-refractivity contribution in [1.82, 2.24) is 10.2 Å². The third kappa shape index (κ3) is 7.48. The summed E-state index contributed by atoms with van der Waals surface area (Å²) in [6.45, 7) is 9.28. The zero-order valence-electron chi connectivity index (χ0n) is 21.9. The Kier molecular flexibility index (Phi) is 11.2. The molecule has 0 amide bonds. The van der Waals surface area contributed by atoms with Gasteiger partial charge in [-0.15, -0.1) is 0 Å². The smallest absolute Gasteiger partial charge is 0.164 e. The average molecular weight is 467 g/mol. The second kappa shape index (κ2) is 14.4. The molecule has 0 spiro atoms. The van der Waals surface area contributed by atoms with Crippen molar-refractivity contribution in [2.45, 2.75) is 77.2 Å². The molecule has 0 aromatic heterocycles. The van der Waals surface area contributed by atoms with Gasteiger partial charge in [0, 0.05) is 11.6 Å². The van der Waals surface area contributed by atoms with Gasteiger partial charge in [-0.25, -0.2) is 0 Å². The summed E-state index contributed by atoms with van der Waals surface area (Å²) in [7, 11) is 3.49. The molecule has 0 saturated carbocycles. The highest BCUT2D eigenvalue weighted by Crippen LogP contribution is 2.43. The first kappa shape index (κ1) is 26.6. The molecule has 2 unspecified atom stereocenters. The lowest BCUT2D eigenvalue weighted by Crippen LogP contribution is -2.41. The molecule has 0 fully saturated rings. The number of unbranched alkanes of at least 4 members (excludes halogenated alkanes) is 3. The Morgan fingerprint density at radius 1 is 0.912 bits per heavy atom. The van der Waals surface area contributed by atoms with Crippen molar-refractivity contribution in [2.75, 3.05) is 40.4 Å². The van der Waals surface area contributed by atoms with Crippen LogP contribution in [0.4, 0.5) is 0 Å². The molecule has 0 radical (unpaired) electrons. The van der Waals surface area contributed by atoms with E-state index >= 15 is 0 Å². The Labute approximate surface area is 208 Å². The minimum atomic E-state index is 0.486. The van der Waals surface area contributed by atoms with Crippen LogP contribution in [0.5, 0.6) is 11.5 Å². The molecular formula is C30H46N2O2. The molecule has 1 N–H and O–H groups in total. The summed E-state index contributed by atoms with van der Waals surface area (Å²) in [5.41, 5.74) is 4.21. The van der Waals surface area contributed by atoms with Gasteiger partial charge in [0.15, 0.2) is 11.5 Å². The normalized spacial score (nSPS) is 17.6. The van der Waals surface area contributed by atoms with Gasteiger partial charge in [0.25, 0.3) is 0 Å². The van der Waals surface area contributed by atoms with Crippen LogP contribution in [0.25, 0.3) is 0 Å². The maximum absolute atomic E-state index is 5.75. The maximum atomic E-state index is 5.75. The molecule has 4 heteroatoms. The largest absolute Gasteiger partial charge is 0.493 e. The number of nitrogens with zero attached hydrogens (tertiary/aromatic N) is 1. The molecule has 1 aliphatic rings. The van der Waals surface area contributed by atoms with Crippen molar-refractivity contribution in [3.63, 3.8) is 0 Å². The van der Waals surface area contributed by atoms with Crippen LogP contribution >= 0.6 is 0 Å². The number of nitrogens with one attached hydrogen (secondary N) is 1. The first-order chi connectivity index (χ1) is 16.7. The summed E-state index contributed by atoms with van der Waals surface area (Å²) < 4.78 is 11.3. The highest BCUT2D eigenvalue weighted by molar-refractivity contribution is 5.53. The van der Waals surface area contributed by atoms with E-state index in [9.17, 15) is 0 Å². The Balaban J connectivity index is 1.39. The Morgan fingerprint density at radius 2 is 1.71 bits per heavy atom. The molecule has 188 valence electrons. The van der Waals surface area contributed by atoms with Crippen LogP contribution in [-0.2, 0) is 12.8 Å². The first-order valence-electron chi connectivity index (χ1n) is 13.4. The molecule has 0 bridgehead atoms. The number of methoxy groups -OCH3 is 2. The van der Waals surface area contributed by atoms with Crippen LogP contribution < -0.4 is 14.8 Å². The van der Waals surface area contributed by atoms with Gasteiger partial charge in [-0.1, -0.05) is 63.1 Å². The molecule has 2 atom stereocenters. The molecule has 0 aliphatic heterocycles. The monoisotopic (exact) mass is 466 g/mol. The fourth-order valence-corrected chi connectivity index (χ4v) is 5.54. The average Bonchev–Trinajstić information content (AvgIpc) is 2.86. The highest BCUT2D eigenvalue weighted by Gasteiger charge is 2.31. The molecule has 1 aliphatic carbocycles. The van der Waals surface area contributed by atoms with E-state index in [1.165, 1.54) is 68.3 Å². The molecule has 3 rings (SSSR count). The van der Waals surface area contributed by atoms with Crippen LogP contribution in [0.1, 0.15) is 75.0 Å². The number of hydrogen-bond acceptors (Lipinski definition) is 4. The van der Waals surface area contributed by atoms with Crippen LogP contribution in [0.2, 0.25) is 0 Å². The van der Waals surface area contributed by atoms with Gasteiger partial charge >= 0.3 is 0 Å². The van der Waals surface area contributed by atoms with E-state index < -0.39 is 0 Å². The summed E-state index contributed by atoms with van der Waals surface area (Å²) in [6.07, 6.45) is 9.87. The van der Waals surface area contributed by atoms with Crippen molar-refractivity contribution in [3.8, 4) is 11.5 Å². The summed E-state index contributed by atoms with van der Waals surface area (Å²) in [4.78, 5) is 2.76. The van der Waals surface area contributed by atoms with E-state index in [-0.39, 0.29) is 0 Å². The van der Waals surface area contributed by atoms with E-state index in [4.69, 9.17) is 9.47 Å². The number of benzene rings is 2. The number of hydrogen-bond donors (Lipinski definition) is 1. The standard InChI is InChI=1S/C30H46N2O2/c1-5-20-32(21-12-7-6-11-18-31-19-17-25-13-9-8-10-14-25)27-22-24(2)29-26(23-27)15-16-28(33-3)30(29)34-4/h8-10,13-16,24,27,31H,5-7,11-12,17-23H2,1-4H3. The van der Waals surface area contributed by atoms with E-state index in [2.05, 4.69) is 66.5 Å². The lowest BCUT2D eigenvalue weighted by atomic mass is 9.79. The van der Waals surface area contributed by atoms with Gasteiger partial charge in [-0.2, -0.15) is 0 Å². The van der Waals surface area contributed by atoms with Gasteiger partial charge in [0.05, 0.1) is 14.2 Å². The van der Waals surface area contributed by atoms with Gasteiger partial charge in [-0.05, 0) is 87.8 Å². The topological polar surface area (TPSA) is 33.7 Å². The van der Waals surface area contributed by atoms with E-state index in [1.807, 2.05) is 0 Å². The van der Waals surface area contributed by atoms with Crippen molar-refractivity contribution in [1.29, 1.82) is 0 Å². The first-order valence-corrected chi connectivity index (χ1v) is 13.4. The van der Waals surface area contributed by atoms with Crippen molar-refractivity contribution in [3.05, 3.63) is 59.2 Å². The van der Waals surface area contributed by atoms with Crippen LogP contribution in [0.15, 0.2) is 42.5 Å². The third-order valence-corrected chi connectivity index (χ3v) is 7.26. The second-order valence-corrected chi connectivity index (χ2v) is 9.80. The van der Waals surface area contributed by atoms with Gasteiger partial charge in [0.2, 0.25) is 0 Å². The Morgan fingerprint density at radius 3 is 2.44 bits per heavy atom. The van der Waals surface area contributed by atoms with Crippen LogP contribution in [0, 0.1) is 0 Å². The predicted molar refractivity (Wildman–Crippen MR) is 143 cm³/mol. The SMILES string of the molecule is CCCN(CCCCCCNCCc1ccccc1)C1Cc2ccc(OC)c(OC)c2C(C)C1. The Bertz CT molecular complexity index is 839. The summed E-state index contributed by atoms with van der Waals surface area (Å²) >= 11 is 0. The van der Waals surface area contributed by atoms with Gasteiger partial charge in [-0.3, -0.25) is 0 Å². The fraction of sp³-hybridized carbons (Fsp3) is 0.600. The molecule has 34 heavy (non-hydrogen) atoms. The van der Waals surface area contributed by atoms with Gasteiger partial charge < -0.3 is 19.7 Å². The predicted octanol–water partition coefficient (Wildman–Crippen LogP) is 6.23. The van der Waals surface area contributed by atoms with E-state index in [1.54, 1.807) is 14.2 Å². The maximum Gasteiger partial charge on any atom is 0.164 e.